The summed E-state index contributed by atoms with van der Waals surface area (Å²) in [4.78, 5) is 5.28. The minimum Gasteiger partial charge on any atom is -0.329 e. The smallest absolute Gasteiger partial charge is 0.0854 e. The molecule has 2 unspecified atom stereocenters. The summed E-state index contributed by atoms with van der Waals surface area (Å²) in [6.45, 7) is 0. The molecule has 11 rings (SSSR count). The Morgan fingerprint density at radius 2 is 0.795 bits per heavy atom. The van der Waals surface area contributed by atoms with E-state index in [0.717, 1.165) is 12.8 Å². The molecule has 0 aromatic heterocycles. The first kappa shape index (κ1) is 23.2. The van der Waals surface area contributed by atoms with Gasteiger partial charge >= 0.3 is 0 Å². The van der Waals surface area contributed by atoms with Crippen LogP contribution < -0.4 is 9.80 Å². The molecule has 0 saturated heterocycles. The summed E-state index contributed by atoms with van der Waals surface area (Å²) in [6, 6.07) is 41.6. The summed E-state index contributed by atoms with van der Waals surface area (Å²) in [5.41, 5.74) is 21.7. The van der Waals surface area contributed by atoms with Gasteiger partial charge in [-0.05, 0) is 81.7 Å². The lowest BCUT2D eigenvalue weighted by Crippen LogP contribution is -2.35. The van der Waals surface area contributed by atoms with Crippen molar-refractivity contribution in [2.24, 2.45) is 0 Å². The molecule has 4 heterocycles. The molecule has 0 N–H and O–H groups in total. The minimum absolute atomic E-state index is 0.166. The largest absolute Gasteiger partial charge is 0.329 e. The first-order chi connectivity index (χ1) is 21.9. The van der Waals surface area contributed by atoms with Crippen LogP contribution in [0, 0.1) is 0 Å². The Morgan fingerprint density at radius 3 is 1.27 bits per heavy atom. The molecular weight excluding hydrogens is 532 g/mol. The molecule has 0 radical (unpaired) electrons. The van der Waals surface area contributed by atoms with Gasteiger partial charge < -0.3 is 9.80 Å². The lowest BCUT2D eigenvalue weighted by atomic mass is 9.75. The number of benzene rings is 5. The molecule has 5 aromatic rings. The molecule has 0 fully saturated rings. The Bertz CT molecular complexity index is 2100. The second-order valence-electron chi connectivity index (χ2n) is 12.7. The lowest BCUT2D eigenvalue weighted by molar-refractivity contribution is 0.791. The molecule has 206 valence electrons. The zero-order chi connectivity index (χ0) is 28.5. The highest BCUT2D eigenvalue weighted by Crippen LogP contribution is 2.63. The van der Waals surface area contributed by atoms with Crippen molar-refractivity contribution < 1.29 is 0 Å². The summed E-state index contributed by atoms with van der Waals surface area (Å²) in [7, 11) is 0. The fourth-order valence-electron chi connectivity index (χ4n) is 9.01. The van der Waals surface area contributed by atoms with Crippen LogP contribution in [-0.4, -0.2) is 0 Å². The maximum absolute atomic E-state index is 2.64. The molecule has 2 heteroatoms. The van der Waals surface area contributed by atoms with E-state index in [-0.39, 0.29) is 12.1 Å². The third-order valence-corrected chi connectivity index (χ3v) is 10.7. The van der Waals surface area contributed by atoms with Gasteiger partial charge in [0.1, 0.15) is 0 Å². The third kappa shape index (κ3) is 2.73. The van der Waals surface area contributed by atoms with Gasteiger partial charge in [-0.15, -0.1) is 0 Å². The van der Waals surface area contributed by atoms with E-state index in [1.807, 2.05) is 0 Å². The number of hydrogen-bond donors (Lipinski definition) is 0. The Balaban J connectivity index is 1.25. The van der Waals surface area contributed by atoms with Gasteiger partial charge in [-0.1, -0.05) is 109 Å². The van der Waals surface area contributed by atoms with Crippen LogP contribution in [0.2, 0.25) is 0 Å². The number of rotatable bonds is 0. The number of fused-ring (bicyclic) bond motifs is 22. The van der Waals surface area contributed by atoms with Crippen LogP contribution in [-0.2, 0) is 0 Å². The summed E-state index contributed by atoms with van der Waals surface area (Å²) in [5, 5.41) is 0. The van der Waals surface area contributed by atoms with Gasteiger partial charge in [0, 0.05) is 33.6 Å². The van der Waals surface area contributed by atoms with E-state index in [1.165, 1.54) is 89.5 Å². The lowest BCUT2D eigenvalue weighted by Gasteiger charge is -2.48. The second-order valence-corrected chi connectivity index (χ2v) is 12.7. The first-order valence-electron chi connectivity index (χ1n) is 15.8. The molecule has 0 spiro atoms. The van der Waals surface area contributed by atoms with Crippen LogP contribution in [0.15, 0.2) is 145 Å². The SMILES string of the molecule is C1=C2C(=CC1)C1c3ccccc3-c3cc4c(cc3N1c1ccccc12)-c1ccccc1C1C2=CCC=C2c2ccccc2N41. The number of allylic oxidation sites excluding steroid dienone is 4. The van der Waals surface area contributed by atoms with Crippen LogP contribution in [0.3, 0.4) is 0 Å². The summed E-state index contributed by atoms with van der Waals surface area (Å²) >= 11 is 0. The van der Waals surface area contributed by atoms with Crippen LogP contribution in [0.25, 0.3) is 33.4 Å². The maximum Gasteiger partial charge on any atom is 0.0854 e. The standard InChI is InChI=1S/C42H28N2/c1-3-15-31-27(11-1)35-23-40-36(24-39(35)43-37-21-7-5-13-29(37)25-17-9-19-33(25)41(31)43)28-12-2-4-16-32(28)42-34-20-10-18-26(34)30-14-6-8-22-38(30)44(40)42/h1-8,11-24,41-42H,9-10H2. The normalized spacial score (nSPS) is 20.5. The van der Waals surface area contributed by atoms with Crippen LogP contribution >= 0.6 is 0 Å². The van der Waals surface area contributed by atoms with Crippen LogP contribution in [0.5, 0.6) is 0 Å². The van der Waals surface area contributed by atoms with Crippen molar-refractivity contribution in [3.8, 4) is 22.3 Å². The van der Waals surface area contributed by atoms with Gasteiger partial charge in [-0.3, -0.25) is 0 Å². The molecular formula is C42H28N2. The van der Waals surface area contributed by atoms with E-state index < -0.39 is 0 Å². The summed E-state index contributed by atoms with van der Waals surface area (Å²) < 4.78 is 0. The van der Waals surface area contributed by atoms with Gasteiger partial charge in [-0.25, -0.2) is 0 Å². The van der Waals surface area contributed by atoms with E-state index in [1.54, 1.807) is 0 Å². The van der Waals surface area contributed by atoms with Crippen molar-refractivity contribution in [2.75, 3.05) is 9.80 Å². The topological polar surface area (TPSA) is 6.48 Å². The molecule has 4 aliphatic heterocycles. The number of anilines is 4. The second kappa shape index (κ2) is 8.18. The Morgan fingerprint density at radius 1 is 0.386 bits per heavy atom. The third-order valence-electron chi connectivity index (χ3n) is 10.7. The average Bonchev–Trinajstić information content (AvgIpc) is 3.78. The monoisotopic (exact) mass is 560 g/mol. The number of hydrogen-bond acceptors (Lipinski definition) is 2. The Labute approximate surface area is 257 Å². The fourth-order valence-corrected chi connectivity index (χ4v) is 9.01. The predicted octanol–water partition coefficient (Wildman–Crippen LogP) is 10.9. The van der Waals surface area contributed by atoms with Crippen LogP contribution in [0.1, 0.15) is 47.2 Å². The zero-order valence-electron chi connectivity index (χ0n) is 24.2. The van der Waals surface area contributed by atoms with Crippen molar-refractivity contribution in [3.63, 3.8) is 0 Å². The average molecular weight is 561 g/mol. The van der Waals surface area contributed by atoms with Crippen molar-refractivity contribution in [2.45, 2.75) is 24.9 Å². The first-order valence-corrected chi connectivity index (χ1v) is 15.8. The van der Waals surface area contributed by atoms with E-state index in [4.69, 9.17) is 0 Å². The highest BCUT2D eigenvalue weighted by atomic mass is 15.2. The molecule has 5 aromatic carbocycles. The van der Waals surface area contributed by atoms with Gasteiger partial charge in [0.05, 0.1) is 23.5 Å². The van der Waals surface area contributed by atoms with Crippen LogP contribution in [0.4, 0.5) is 22.7 Å². The number of nitrogens with zero attached hydrogens (tertiary/aromatic N) is 2. The highest BCUT2D eigenvalue weighted by Gasteiger charge is 2.45. The predicted molar refractivity (Wildman–Crippen MR) is 181 cm³/mol. The van der Waals surface area contributed by atoms with E-state index >= 15 is 0 Å². The molecule has 0 saturated carbocycles. The quantitative estimate of drug-likeness (QED) is 0.186. The molecule has 0 amide bonds. The highest BCUT2D eigenvalue weighted by molar-refractivity contribution is 6.06. The van der Waals surface area contributed by atoms with E-state index in [0.29, 0.717) is 0 Å². The van der Waals surface area contributed by atoms with Gasteiger partial charge in [0.2, 0.25) is 0 Å². The Kier molecular flexibility index (Phi) is 4.31. The van der Waals surface area contributed by atoms with Gasteiger partial charge in [-0.2, -0.15) is 0 Å². The van der Waals surface area contributed by atoms with Crippen molar-refractivity contribution in [1.29, 1.82) is 0 Å². The summed E-state index contributed by atoms with van der Waals surface area (Å²) in [5.74, 6) is 0. The molecule has 0 bridgehead atoms. The van der Waals surface area contributed by atoms with Gasteiger partial charge in [0.15, 0.2) is 0 Å². The van der Waals surface area contributed by atoms with Gasteiger partial charge in [0.25, 0.3) is 0 Å². The maximum atomic E-state index is 2.64. The molecule has 2 aliphatic carbocycles. The molecule has 6 aliphatic rings. The van der Waals surface area contributed by atoms with Crippen molar-refractivity contribution >= 4 is 33.9 Å². The molecule has 2 nitrogen and oxygen atoms in total. The Hall–Kier alpha value is -5.34. The molecule has 2 atom stereocenters. The summed E-state index contributed by atoms with van der Waals surface area (Å²) in [6.07, 6.45) is 11.7. The van der Waals surface area contributed by atoms with E-state index in [9.17, 15) is 0 Å². The zero-order valence-corrected chi connectivity index (χ0v) is 24.2. The number of para-hydroxylation sites is 2. The van der Waals surface area contributed by atoms with Crippen molar-refractivity contribution in [3.05, 3.63) is 167 Å². The fraction of sp³-hybridized carbons (Fsp3) is 0.0952. The van der Waals surface area contributed by atoms with E-state index in [2.05, 4.69) is 143 Å². The minimum atomic E-state index is 0.166. The molecule has 44 heavy (non-hydrogen) atoms. The van der Waals surface area contributed by atoms with Crippen molar-refractivity contribution in [1.82, 2.24) is 0 Å².